The fourth-order valence-corrected chi connectivity index (χ4v) is 2.87. The number of rotatable bonds is 5. The summed E-state index contributed by atoms with van der Waals surface area (Å²) >= 11 is 13.5. The molecule has 0 saturated heterocycles. The molecule has 1 N–H and O–H groups in total. The van der Waals surface area contributed by atoms with E-state index in [2.05, 4.69) is 19.0 Å². The van der Waals surface area contributed by atoms with E-state index < -0.39 is 0 Å². The summed E-state index contributed by atoms with van der Waals surface area (Å²) in [6, 6.07) is 7.75. The van der Waals surface area contributed by atoms with E-state index in [0.29, 0.717) is 0 Å². The number of nitrogens with zero attached hydrogens (tertiary/aromatic N) is 1. The van der Waals surface area contributed by atoms with Crippen molar-refractivity contribution in [2.24, 2.45) is 16.5 Å². The van der Waals surface area contributed by atoms with Crippen molar-refractivity contribution < 1.29 is 5.21 Å². The topological polar surface area (TPSA) is 32.6 Å². The van der Waals surface area contributed by atoms with Gasteiger partial charge in [0.15, 0.2) is 0 Å². The molecule has 0 bridgehead atoms. The predicted molar refractivity (Wildman–Crippen MR) is 80.2 cm³/mol. The van der Waals surface area contributed by atoms with Crippen LogP contribution in [0.25, 0.3) is 0 Å². The van der Waals surface area contributed by atoms with Crippen LogP contribution in [0.2, 0.25) is 5.02 Å². The van der Waals surface area contributed by atoms with Gasteiger partial charge in [-0.1, -0.05) is 49.1 Å². The van der Waals surface area contributed by atoms with E-state index >= 15 is 0 Å². The molecule has 1 atom stereocenters. The number of oxime groups is 1. The minimum Gasteiger partial charge on any atom is -0.410 e. The maximum Gasteiger partial charge on any atom is 0.148 e. The number of thioether (sulfide) groups is 1. The highest BCUT2D eigenvalue weighted by molar-refractivity contribution is 7.99. The smallest absolute Gasteiger partial charge is 0.148 e. The van der Waals surface area contributed by atoms with Crippen molar-refractivity contribution >= 4 is 40.1 Å². The van der Waals surface area contributed by atoms with E-state index in [1.807, 2.05) is 31.2 Å². The second kappa shape index (κ2) is 6.69. The molecule has 1 aromatic rings. The van der Waals surface area contributed by atoms with Crippen molar-refractivity contribution in [3.63, 3.8) is 0 Å². The largest absolute Gasteiger partial charge is 0.410 e. The van der Waals surface area contributed by atoms with Gasteiger partial charge in [-0.05, 0) is 29.7 Å². The van der Waals surface area contributed by atoms with E-state index in [4.69, 9.17) is 28.4 Å². The van der Waals surface area contributed by atoms with Gasteiger partial charge >= 0.3 is 0 Å². The standard InChI is InChI=1S/C13H17Cl2NOS/c1-9(12(15)16-17)13(2,3)8-18-11-6-4-10(14)5-7-11/h4-7,9,17H,8H2,1-3H3. The van der Waals surface area contributed by atoms with Gasteiger partial charge in [0.2, 0.25) is 0 Å². The van der Waals surface area contributed by atoms with Crippen molar-refractivity contribution in [1.82, 2.24) is 0 Å². The Balaban J connectivity index is 2.64. The lowest BCUT2D eigenvalue weighted by Gasteiger charge is -2.30. The van der Waals surface area contributed by atoms with Crippen molar-refractivity contribution in [2.45, 2.75) is 25.7 Å². The number of hydrogen-bond acceptors (Lipinski definition) is 3. The minimum atomic E-state index is -0.0619. The highest BCUT2D eigenvalue weighted by Gasteiger charge is 2.29. The molecule has 2 nitrogen and oxygen atoms in total. The Kier molecular flexibility index (Phi) is 5.83. The highest BCUT2D eigenvalue weighted by atomic mass is 35.5. The summed E-state index contributed by atoms with van der Waals surface area (Å²) in [7, 11) is 0. The van der Waals surface area contributed by atoms with E-state index in [9.17, 15) is 0 Å². The summed E-state index contributed by atoms with van der Waals surface area (Å²) in [4.78, 5) is 1.16. The second-order valence-electron chi connectivity index (χ2n) is 4.88. The van der Waals surface area contributed by atoms with Gasteiger partial charge < -0.3 is 5.21 Å². The zero-order valence-electron chi connectivity index (χ0n) is 10.7. The van der Waals surface area contributed by atoms with E-state index in [1.54, 1.807) is 11.8 Å². The molecule has 5 heteroatoms. The first-order valence-electron chi connectivity index (χ1n) is 5.62. The summed E-state index contributed by atoms with van der Waals surface area (Å²) in [5.74, 6) is 0.880. The lowest BCUT2D eigenvalue weighted by molar-refractivity contribution is 0.298. The minimum absolute atomic E-state index is 0.00367. The molecule has 0 saturated carbocycles. The Hall–Kier alpha value is -0.380. The van der Waals surface area contributed by atoms with Gasteiger partial charge in [0.05, 0.1) is 0 Å². The van der Waals surface area contributed by atoms with Crippen LogP contribution in [0.3, 0.4) is 0 Å². The molecular formula is C13H17Cl2NOS. The van der Waals surface area contributed by atoms with Gasteiger partial charge in [0.25, 0.3) is 0 Å². The molecule has 0 heterocycles. The van der Waals surface area contributed by atoms with Crippen molar-refractivity contribution in [3.8, 4) is 0 Å². The normalized spacial score (nSPS) is 14.6. The van der Waals surface area contributed by atoms with Gasteiger partial charge in [-0.15, -0.1) is 11.8 Å². The van der Waals surface area contributed by atoms with Crippen LogP contribution in [0, 0.1) is 11.3 Å². The summed E-state index contributed by atoms with van der Waals surface area (Å²) < 4.78 is 0. The molecule has 1 aromatic carbocycles. The van der Waals surface area contributed by atoms with E-state index in [-0.39, 0.29) is 16.5 Å². The molecule has 100 valence electrons. The molecule has 0 aromatic heterocycles. The average molecular weight is 306 g/mol. The first kappa shape index (κ1) is 15.7. The fraction of sp³-hybridized carbons (Fsp3) is 0.462. The van der Waals surface area contributed by atoms with Crippen molar-refractivity contribution in [3.05, 3.63) is 29.3 Å². The van der Waals surface area contributed by atoms with Gasteiger partial charge in [0.1, 0.15) is 5.17 Å². The quantitative estimate of drug-likeness (QED) is 0.354. The lowest BCUT2D eigenvalue weighted by Crippen LogP contribution is -2.28. The van der Waals surface area contributed by atoms with E-state index in [1.165, 1.54) is 0 Å². The third kappa shape index (κ3) is 4.38. The Bertz CT molecular complexity index is 418. The fourth-order valence-electron chi connectivity index (χ4n) is 1.33. The van der Waals surface area contributed by atoms with Crippen LogP contribution in [0.5, 0.6) is 0 Å². The Morgan fingerprint density at radius 2 is 1.94 bits per heavy atom. The third-order valence-corrected chi connectivity index (χ3v) is 5.20. The summed E-state index contributed by atoms with van der Waals surface area (Å²) in [5.41, 5.74) is -0.0619. The Labute approximate surface area is 122 Å². The van der Waals surface area contributed by atoms with Crippen LogP contribution >= 0.6 is 35.0 Å². The van der Waals surface area contributed by atoms with Gasteiger partial charge in [-0.2, -0.15) is 0 Å². The molecule has 0 aliphatic heterocycles. The zero-order chi connectivity index (χ0) is 13.8. The number of benzene rings is 1. The van der Waals surface area contributed by atoms with Crippen LogP contribution < -0.4 is 0 Å². The van der Waals surface area contributed by atoms with Crippen LogP contribution in [0.1, 0.15) is 20.8 Å². The van der Waals surface area contributed by atoms with Crippen LogP contribution in [0.15, 0.2) is 34.3 Å². The summed E-state index contributed by atoms with van der Waals surface area (Å²) in [6.45, 7) is 6.17. The zero-order valence-corrected chi connectivity index (χ0v) is 13.0. The average Bonchev–Trinajstić information content (AvgIpc) is 2.36. The summed E-state index contributed by atoms with van der Waals surface area (Å²) in [6.07, 6.45) is 0. The molecule has 0 aliphatic carbocycles. The summed E-state index contributed by atoms with van der Waals surface area (Å²) in [5, 5.41) is 12.8. The van der Waals surface area contributed by atoms with Gasteiger partial charge in [-0.3, -0.25) is 0 Å². The van der Waals surface area contributed by atoms with Crippen molar-refractivity contribution in [1.29, 1.82) is 0 Å². The van der Waals surface area contributed by atoms with E-state index in [0.717, 1.165) is 15.7 Å². The van der Waals surface area contributed by atoms with Crippen LogP contribution in [-0.2, 0) is 0 Å². The molecular weight excluding hydrogens is 289 g/mol. The third-order valence-electron chi connectivity index (χ3n) is 3.05. The first-order chi connectivity index (χ1) is 8.36. The number of hydrogen-bond donors (Lipinski definition) is 1. The molecule has 1 unspecified atom stereocenters. The maximum atomic E-state index is 8.72. The van der Waals surface area contributed by atoms with Gasteiger partial charge in [-0.25, -0.2) is 0 Å². The SMILES string of the molecule is CC(C(Cl)=NO)C(C)(C)CSc1ccc(Cl)cc1. The second-order valence-corrected chi connectivity index (χ2v) is 6.75. The van der Waals surface area contributed by atoms with Gasteiger partial charge in [0, 0.05) is 21.6 Å². The Morgan fingerprint density at radius 3 is 2.44 bits per heavy atom. The Morgan fingerprint density at radius 1 is 1.39 bits per heavy atom. The highest BCUT2D eigenvalue weighted by Crippen LogP contribution is 2.35. The molecule has 1 rings (SSSR count). The molecule has 0 spiro atoms. The maximum absolute atomic E-state index is 8.72. The van der Waals surface area contributed by atoms with Crippen molar-refractivity contribution in [2.75, 3.05) is 5.75 Å². The number of halogens is 2. The van der Waals surface area contributed by atoms with Crippen LogP contribution in [-0.4, -0.2) is 16.1 Å². The molecule has 0 fully saturated rings. The molecule has 0 aliphatic rings. The predicted octanol–water partition coefficient (Wildman–Crippen LogP) is 5.12. The first-order valence-corrected chi connectivity index (χ1v) is 7.37. The lowest BCUT2D eigenvalue weighted by atomic mass is 9.82. The molecule has 18 heavy (non-hydrogen) atoms. The van der Waals surface area contributed by atoms with Crippen LogP contribution in [0.4, 0.5) is 0 Å². The molecule has 0 amide bonds. The molecule has 0 radical (unpaired) electrons. The monoisotopic (exact) mass is 305 g/mol.